The van der Waals surface area contributed by atoms with Crippen LogP contribution >= 0.6 is 11.8 Å². The maximum atomic E-state index is 13.0. The summed E-state index contributed by atoms with van der Waals surface area (Å²) in [6, 6.07) is 4.34. The average Bonchev–Trinajstić information content (AvgIpc) is 2.07. The van der Waals surface area contributed by atoms with Crippen LogP contribution in [0.3, 0.4) is 0 Å². The molecule has 5 heteroatoms. The molecule has 1 aromatic rings. The van der Waals surface area contributed by atoms with Gasteiger partial charge in [0.25, 0.3) is 0 Å². The van der Waals surface area contributed by atoms with E-state index in [0.29, 0.717) is 5.25 Å². The molecule has 2 N–H and O–H groups in total. The van der Waals surface area contributed by atoms with E-state index in [1.165, 1.54) is 12.1 Å². The maximum absolute atomic E-state index is 13.0. The van der Waals surface area contributed by atoms with Crippen LogP contribution in [0, 0.1) is 5.82 Å². The quantitative estimate of drug-likeness (QED) is 0.582. The Hall–Kier alpha value is -0.515. The first-order valence-electron chi connectivity index (χ1n) is 4.33. The van der Waals surface area contributed by atoms with Crippen LogP contribution in [-0.4, -0.2) is 22.4 Å². The van der Waals surface area contributed by atoms with Gasteiger partial charge >= 0.3 is 7.12 Å². The molecule has 0 saturated heterocycles. The lowest BCUT2D eigenvalue weighted by Gasteiger charge is -2.07. The molecule has 14 heavy (non-hydrogen) atoms. The van der Waals surface area contributed by atoms with Crippen LogP contribution in [0.5, 0.6) is 0 Å². The molecule has 0 aliphatic carbocycles. The Balaban J connectivity index is 2.94. The third kappa shape index (κ3) is 3.01. The second-order valence-electron chi connectivity index (χ2n) is 3.22. The van der Waals surface area contributed by atoms with E-state index in [0.717, 1.165) is 4.90 Å². The Morgan fingerprint density at radius 3 is 2.50 bits per heavy atom. The van der Waals surface area contributed by atoms with Crippen molar-refractivity contribution in [1.29, 1.82) is 0 Å². The van der Waals surface area contributed by atoms with E-state index in [1.807, 2.05) is 13.8 Å². The number of hydrogen-bond donors (Lipinski definition) is 2. The van der Waals surface area contributed by atoms with Crippen LogP contribution in [0.2, 0.25) is 0 Å². The molecule has 2 nitrogen and oxygen atoms in total. The minimum Gasteiger partial charge on any atom is -0.423 e. The summed E-state index contributed by atoms with van der Waals surface area (Å²) in [5, 5.41) is 18.1. The lowest BCUT2D eigenvalue weighted by molar-refractivity contribution is 0.423. The number of rotatable bonds is 3. The molecule has 1 aromatic carbocycles. The molecule has 0 unspecified atom stereocenters. The molecule has 0 bridgehead atoms. The van der Waals surface area contributed by atoms with Gasteiger partial charge in [-0.05, 0) is 18.2 Å². The monoisotopic (exact) mass is 214 g/mol. The topological polar surface area (TPSA) is 40.5 Å². The Bertz CT molecular complexity index is 318. The number of halogens is 1. The molecule has 0 amide bonds. The maximum Gasteiger partial charge on any atom is 0.491 e. The summed E-state index contributed by atoms with van der Waals surface area (Å²) in [6.45, 7) is 4.03. The summed E-state index contributed by atoms with van der Waals surface area (Å²) in [4.78, 5) is 0.838. The van der Waals surface area contributed by atoms with Crippen molar-refractivity contribution in [1.82, 2.24) is 0 Å². The lowest BCUT2D eigenvalue weighted by atomic mass is 9.80. The first kappa shape index (κ1) is 11.6. The van der Waals surface area contributed by atoms with Gasteiger partial charge in [0.2, 0.25) is 0 Å². The summed E-state index contributed by atoms with van der Waals surface area (Å²) >= 11 is 1.55. The van der Waals surface area contributed by atoms with Gasteiger partial charge in [0, 0.05) is 15.6 Å². The summed E-state index contributed by atoms with van der Waals surface area (Å²) in [5.74, 6) is -0.590. The second kappa shape index (κ2) is 4.82. The number of hydrogen-bond acceptors (Lipinski definition) is 3. The Labute approximate surface area is 87.3 Å². The highest BCUT2D eigenvalue weighted by molar-refractivity contribution is 7.99. The SMILES string of the molecule is CC(C)Sc1ccc(F)c(B(O)O)c1. The fraction of sp³-hybridized carbons (Fsp3) is 0.333. The molecule has 0 heterocycles. The summed E-state index contributed by atoms with van der Waals surface area (Å²) in [5.41, 5.74) is -0.0735. The molecule has 0 saturated carbocycles. The molecule has 0 aliphatic heterocycles. The zero-order valence-corrected chi connectivity index (χ0v) is 8.88. The molecule has 76 valence electrons. The number of benzene rings is 1. The molecule has 0 radical (unpaired) electrons. The largest absolute Gasteiger partial charge is 0.491 e. The lowest BCUT2D eigenvalue weighted by Crippen LogP contribution is -2.32. The Morgan fingerprint density at radius 2 is 2.00 bits per heavy atom. The van der Waals surface area contributed by atoms with Crippen molar-refractivity contribution in [2.75, 3.05) is 0 Å². The summed E-state index contributed by atoms with van der Waals surface area (Å²) < 4.78 is 13.0. The van der Waals surface area contributed by atoms with E-state index in [2.05, 4.69) is 0 Å². The third-order valence-corrected chi connectivity index (χ3v) is 2.61. The van der Waals surface area contributed by atoms with Crippen LogP contribution in [0.4, 0.5) is 4.39 Å². The van der Waals surface area contributed by atoms with E-state index >= 15 is 0 Å². The third-order valence-electron chi connectivity index (χ3n) is 1.62. The van der Waals surface area contributed by atoms with Crippen LogP contribution in [0.15, 0.2) is 23.1 Å². The normalized spacial score (nSPS) is 10.7. The van der Waals surface area contributed by atoms with Gasteiger partial charge in [-0.2, -0.15) is 0 Å². The van der Waals surface area contributed by atoms with Gasteiger partial charge in [0.15, 0.2) is 0 Å². The van der Waals surface area contributed by atoms with Gasteiger partial charge in [0.1, 0.15) is 5.82 Å². The Kier molecular flexibility index (Phi) is 3.98. The van der Waals surface area contributed by atoms with Gasteiger partial charge in [-0.15, -0.1) is 11.8 Å². The van der Waals surface area contributed by atoms with Crippen molar-refractivity contribution < 1.29 is 14.4 Å². The predicted octanol–water partition coefficient (Wildman–Crippen LogP) is 1.01. The van der Waals surface area contributed by atoms with Crippen molar-refractivity contribution in [2.24, 2.45) is 0 Å². The second-order valence-corrected chi connectivity index (χ2v) is 4.87. The van der Waals surface area contributed by atoms with E-state index in [-0.39, 0.29) is 5.46 Å². The Morgan fingerprint density at radius 1 is 1.36 bits per heavy atom. The van der Waals surface area contributed by atoms with E-state index in [1.54, 1.807) is 17.8 Å². The molecule has 0 atom stereocenters. The van der Waals surface area contributed by atoms with Gasteiger partial charge in [0.05, 0.1) is 0 Å². The summed E-state index contributed by atoms with van der Waals surface area (Å²) in [6.07, 6.45) is 0. The highest BCUT2D eigenvalue weighted by Crippen LogP contribution is 2.21. The van der Waals surface area contributed by atoms with Crippen LogP contribution in [-0.2, 0) is 0 Å². The van der Waals surface area contributed by atoms with Gasteiger partial charge in [-0.3, -0.25) is 0 Å². The van der Waals surface area contributed by atoms with E-state index in [9.17, 15) is 4.39 Å². The van der Waals surface area contributed by atoms with Gasteiger partial charge in [-0.1, -0.05) is 13.8 Å². The first-order chi connectivity index (χ1) is 6.50. The van der Waals surface area contributed by atoms with Gasteiger partial charge in [-0.25, -0.2) is 4.39 Å². The molecule has 0 spiro atoms. The van der Waals surface area contributed by atoms with Crippen molar-refractivity contribution >= 4 is 24.3 Å². The highest BCUT2D eigenvalue weighted by atomic mass is 32.2. The molecule has 1 rings (SSSR count). The number of thioether (sulfide) groups is 1. The van der Waals surface area contributed by atoms with Crippen molar-refractivity contribution in [3.05, 3.63) is 24.0 Å². The molecule has 0 fully saturated rings. The van der Waals surface area contributed by atoms with Gasteiger partial charge < -0.3 is 10.0 Å². The zero-order chi connectivity index (χ0) is 10.7. The van der Waals surface area contributed by atoms with Crippen molar-refractivity contribution in [3.63, 3.8) is 0 Å². The zero-order valence-electron chi connectivity index (χ0n) is 8.07. The minimum atomic E-state index is -1.75. The smallest absolute Gasteiger partial charge is 0.423 e. The molecule has 0 aromatic heterocycles. The van der Waals surface area contributed by atoms with E-state index < -0.39 is 12.9 Å². The first-order valence-corrected chi connectivity index (χ1v) is 5.21. The summed E-state index contributed by atoms with van der Waals surface area (Å²) in [7, 11) is -1.75. The average molecular weight is 214 g/mol. The van der Waals surface area contributed by atoms with Crippen LogP contribution in [0.1, 0.15) is 13.8 Å². The van der Waals surface area contributed by atoms with Crippen LogP contribution < -0.4 is 5.46 Å². The fourth-order valence-corrected chi connectivity index (χ4v) is 1.95. The molecular formula is C9H12BFO2S. The molecular weight excluding hydrogens is 202 g/mol. The standard InChI is InChI=1S/C9H12BFO2S/c1-6(2)14-7-3-4-9(11)8(5-7)10(12)13/h3-6,12-13H,1-2H3. The fourth-order valence-electron chi connectivity index (χ4n) is 1.07. The minimum absolute atomic E-state index is 0.0735. The van der Waals surface area contributed by atoms with Crippen molar-refractivity contribution in [2.45, 2.75) is 24.0 Å². The van der Waals surface area contributed by atoms with E-state index in [4.69, 9.17) is 10.0 Å². The van der Waals surface area contributed by atoms with Crippen molar-refractivity contribution in [3.8, 4) is 0 Å². The predicted molar refractivity (Wildman–Crippen MR) is 57.2 cm³/mol. The van der Waals surface area contributed by atoms with Crippen LogP contribution in [0.25, 0.3) is 0 Å². The molecule has 0 aliphatic rings. The highest BCUT2D eigenvalue weighted by Gasteiger charge is 2.17.